The first kappa shape index (κ1) is 13.2. The van der Waals surface area contributed by atoms with Gasteiger partial charge in [0.15, 0.2) is 5.17 Å². The fraction of sp³-hybridized carbons (Fsp3) is 0.235. The molecule has 0 aromatic heterocycles. The number of nitrogens with zero attached hydrogens (tertiary/aromatic N) is 2. The monoisotopic (exact) mass is 314 g/mol. The molecule has 106 valence electrons. The van der Waals surface area contributed by atoms with E-state index in [1.807, 2.05) is 23.9 Å². The summed E-state index contributed by atoms with van der Waals surface area (Å²) in [6.45, 7) is 4.09. The number of aliphatic imine (C=N–C) groups is 1. The third-order valence-electron chi connectivity index (χ3n) is 4.00. The van der Waals surface area contributed by atoms with Crippen molar-refractivity contribution in [3.63, 3.8) is 0 Å². The van der Waals surface area contributed by atoms with Crippen LogP contribution in [0.4, 0.5) is 0 Å². The zero-order valence-electron chi connectivity index (χ0n) is 11.8. The van der Waals surface area contributed by atoms with Gasteiger partial charge in [-0.1, -0.05) is 60.6 Å². The Morgan fingerprint density at radius 1 is 1.19 bits per heavy atom. The molecule has 0 saturated heterocycles. The highest BCUT2D eigenvalue weighted by atomic mass is 35.5. The Hall–Kier alpha value is -1.45. The fourth-order valence-corrected chi connectivity index (χ4v) is 4.39. The third kappa shape index (κ3) is 1.99. The molecule has 2 aromatic carbocycles. The minimum absolute atomic E-state index is 0.814. The molecule has 21 heavy (non-hydrogen) atoms. The highest BCUT2D eigenvalue weighted by Gasteiger charge is 2.32. The van der Waals surface area contributed by atoms with Gasteiger partial charge in [-0.05, 0) is 17.9 Å². The molecule has 0 N–H and O–H groups in total. The van der Waals surface area contributed by atoms with Crippen LogP contribution in [0.1, 0.15) is 18.9 Å². The molecule has 2 aliphatic rings. The van der Waals surface area contributed by atoms with E-state index in [1.165, 1.54) is 21.6 Å². The van der Waals surface area contributed by atoms with Gasteiger partial charge < -0.3 is 4.90 Å². The van der Waals surface area contributed by atoms with Crippen molar-refractivity contribution in [1.82, 2.24) is 4.90 Å². The molecule has 0 amide bonds. The average molecular weight is 315 g/mol. The summed E-state index contributed by atoms with van der Waals surface area (Å²) in [5.74, 6) is 0. The lowest BCUT2D eigenvalue weighted by Gasteiger charge is -2.19. The molecule has 4 rings (SSSR count). The summed E-state index contributed by atoms with van der Waals surface area (Å²) in [6.07, 6.45) is 1.03. The summed E-state index contributed by atoms with van der Waals surface area (Å²) in [6, 6.07) is 12.5. The number of thioether (sulfide) groups is 1. The molecule has 0 radical (unpaired) electrons. The maximum absolute atomic E-state index is 6.36. The van der Waals surface area contributed by atoms with Crippen LogP contribution in [-0.2, 0) is 0 Å². The Morgan fingerprint density at radius 2 is 2.00 bits per heavy atom. The van der Waals surface area contributed by atoms with E-state index in [0.29, 0.717) is 0 Å². The van der Waals surface area contributed by atoms with Crippen LogP contribution in [0.2, 0.25) is 5.02 Å². The van der Waals surface area contributed by atoms with Crippen LogP contribution >= 0.6 is 23.4 Å². The number of allylic oxidation sites excluding steroid dienone is 1. The molecule has 0 fully saturated rings. The van der Waals surface area contributed by atoms with E-state index in [-0.39, 0.29) is 0 Å². The molecule has 0 aliphatic carbocycles. The SMILES string of the molecule is CCC1=C(c2ccc(Cl)c3ccccc23)N2CCN=C2S1. The lowest BCUT2D eigenvalue weighted by molar-refractivity contribution is 0.647. The van der Waals surface area contributed by atoms with Crippen molar-refractivity contribution in [1.29, 1.82) is 0 Å². The summed E-state index contributed by atoms with van der Waals surface area (Å²) < 4.78 is 0. The molecule has 0 bridgehead atoms. The highest BCUT2D eigenvalue weighted by Crippen LogP contribution is 2.45. The van der Waals surface area contributed by atoms with Crippen molar-refractivity contribution in [2.45, 2.75) is 13.3 Å². The van der Waals surface area contributed by atoms with Gasteiger partial charge in [0.2, 0.25) is 0 Å². The standard InChI is InChI=1S/C17H15ClN2S/c1-2-15-16(20-10-9-19-17(20)21-15)13-7-8-14(18)12-6-4-3-5-11(12)13/h3-8H,2,9-10H2,1H3. The average Bonchev–Trinajstić information content (AvgIpc) is 3.09. The van der Waals surface area contributed by atoms with Crippen LogP contribution in [0, 0.1) is 0 Å². The summed E-state index contributed by atoms with van der Waals surface area (Å²) >= 11 is 8.18. The van der Waals surface area contributed by atoms with Crippen molar-refractivity contribution in [3.05, 3.63) is 51.9 Å². The van der Waals surface area contributed by atoms with E-state index in [9.17, 15) is 0 Å². The largest absolute Gasteiger partial charge is 0.318 e. The predicted octanol–water partition coefficient (Wildman–Crippen LogP) is 4.99. The number of rotatable bonds is 2. The Morgan fingerprint density at radius 3 is 2.81 bits per heavy atom. The molecular weight excluding hydrogens is 300 g/mol. The Bertz CT molecular complexity index is 794. The van der Waals surface area contributed by atoms with Gasteiger partial charge in [-0.25, -0.2) is 0 Å². The van der Waals surface area contributed by atoms with Crippen LogP contribution in [0.5, 0.6) is 0 Å². The quantitative estimate of drug-likeness (QED) is 0.776. The van der Waals surface area contributed by atoms with Crippen LogP contribution in [-0.4, -0.2) is 23.2 Å². The number of hydrogen-bond acceptors (Lipinski definition) is 3. The first-order valence-corrected chi connectivity index (χ1v) is 8.39. The van der Waals surface area contributed by atoms with Crippen molar-refractivity contribution in [3.8, 4) is 0 Å². The molecule has 4 heteroatoms. The van der Waals surface area contributed by atoms with Crippen molar-refractivity contribution < 1.29 is 0 Å². The highest BCUT2D eigenvalue weighted by molar-refractivity contribution is 8.17. The van der Waals surface area contributed by atoms with E-state index >= 15 is 0 Å². The Labute approximate surface area is 133 Å². The normalized spacial score (nSPS) is 17.6. The maximum Gasteiger partial charge on any atom is 0.168 e. The fourth-order valence-electron chi connectivity index (χ4n) is 3.03. The third-order valence-corrected chi connectivity index (χ3v) is 5.59. The number of benzene rings is 2. The van der Waals surface area contributed by atoms with Gasteiger partial charge >= 0.3 is 0 Å². The zero-order chi connectivity index (χ0) is 14.4. The molecule has 0 atom stereocenters. The smallest absolute Gasteiger partial charge is 0.168 e. The first-order chi connectivity index (χ1) is 10.3. The maximum atomic E-state index is 6.36. The van der Waals surface area contributed by atoms with E-state index in [4.69, 9.17) is 11.6 Å². The number of halogens is 1. The minimum Gasteiger partial charge on any atom is -0.318 e. The lowest BCUT2D eigenvalue weighted by atomic mass is 10.0. The molecule has 0 spiro atoms. The second-order valence-corrected chi connectivity index (χ2v) is 6.65. The number of fused-ring (bicyclic) bond motifs is 2. The Kier molecular flexibility index (Phi) is 3.20. The second-order valence-electron chi connectivity index (χ2n) is 5.18. The van der Waals surface area contributed by atoms with Gasteiger partial charge in [0, 0.05) is 27.4 Å². The topological polar surface area (TPSA) is 15.6 Å². The van der Waals surface area contributed by atoms with Crippen LogP contribution in [0.15, 0.2) is 46.3 Å². The second kappa shape index (κ2) is 5.08. The minimum atomic E-state index is 0.814. The van der Waals surface area contributed by atoms with Crippen molar-refractivity contribution in [2.75, 3.05) is 13.1 Å². The molecule has 2 heterocycles. The number of amidine groups is 1. The molecule has 0 unspecified atom stereocenters. The van der Waals surface area contributed by atoms with Gasteiger partial charge in [-0.2, -0.15) is 0 Å². The molecule has 0 saturated carbocycles. The summed E-state index contributed by atoms with van der Waals surface area (Å²) in [4.78, 5) is 8.37. The van der Waals surface area contributed by atoms with Crippen LogP contribution in [0.3, 0.4) is 0 Å². The van der Waals surface area contributed by atoms with Crippen molar-refractivity contribution >= 4 is 45.0 Å². The molecule has 2 aromatic rings. The van der Waals surface area contributed by atoms with Gasteiger partial charge in [0.05, 0.1) is 12.2 Å². The van der Waals surface area contributed by atoms with Gasteiger partial charge in [-0.15, -0.1) is 0 Å². The van der Waals surface area contributed by atoms with Gasteiger partial charge in [0.1, 0.15) is 0 Å². The van der Waals surface area contributed by atoms with Gasteiger partial charge in [0.25, 0.3) is 0 Å². The lowest BCUT2D eigenvalue weighted by Crippen LogP contribution is -2.20. The van der Waals surface area contributed by atoms with Crippen LogP contribution < -0.4 is 0 Å². The van der Waals surface area contributed by atoms with E-state index < -0.39 is 0 Å². The van der Waals surface area contributed by atoms with E-state index in [1.54, 1.807) is 0 Å². The number of hydrogen-bond donors (Lipinski definition) is 0. The van der Waals surface area contributed by atoms with Crippen molar-refractivity contribution in [2.24, 2.45) is 4.99 Å². The van der Waals surface area contributed by atoms with E-state index in [2.05, 4.69) is 41.1 Å². The molecular formula is C17H15ClN2S. The van der Waals surface area contributed by atoms with Gasteiger partial charge in [-0.3, -0.25) is 4.99 Å². The zero-order valence-corrected chi connectivity index (χ0v) is 13.3. The summed E-state index contributed by atoms with van der Waals surface area (Å²) in [7, 11) is 0. The first-order valence-electron chi connectivity index (χ1n) is 7.20. The Balaban J connectivity index is 1.98. The summed E-state index contributed by atoms with van der Waals surface area (Å²) in [5.41, 5.74) is 2.60. The summed E-state index contributed by atoms with van der Waals surface area (Å²) in [5, 5.41) is 4.31. The molecule has 2 aliphatic heterocycles. The van der Waals surface area contributed by atoms with Crippen LogP contribution in [0.25, 0.3) is 16.5 Å². The van der Waals surface area contributed by atoms with E-state index in [0.717, 1.165) is 35.1 Å². The molecule has 2 nitrogen and oxygen atoms in total. The predicted molar refractivity (Wildman–Crippen MR) is 92.8 cm³/mol.